The zero-order chi connectivity index (χ0) is 17.8. The van der Waals surface area contributed by atoms with Gasteiger partial charge < -0.3 is 4.42 Å². The molecule has 25 heavy (non-hydrogen) atoms. The van der Waals surface area contributed by atoms with Crippen LogP contribution in [0.15, 0.2) is 64.1 Å². The average molecular weight is 377 g/mol. The number of hydrogen-bond acceptors (Lipinski definition) is 3. The van der Waals surface area contributed by atoms with Crippen molar-refractivity contribution in [2.45, 2.75) is 0 Å². The summed E-state index contributed by atoms with van der Waals surface area (Å²) in [7, 11) is 0. The lowest BCUT2D eigenvalue weighted by atomic mass is 10.2. The molecule has 3 aromatic rings. The fraction of sp³-hybridized carbons (Fsp3) is 0. The Bertz CT molecular complexity index is 937. The quantitative estimate of drug-likeness (QED) is 0.505. The second-order valence-corrected chi connectivity index (χ2v) is 5.79. The molecule has 1 amide bonds. The third kappa shape index (κ3) is 4.07. The summed E-state index contributed by atoms with van der Waals surface area (Å²) in [5.74, 6) is 0.0769. The van der Waals surface area contributed by atoms with Gasteiger partial charge in [0.05, 0.1) is 16.3 Å². The summed E-state index contributed by atoms with van der Waals surface area (Å²) in [6.07, 6.45) is 1.35. The van der Waals surface area contributed by atoms with Crippen LogP contribution in [0.3, 0.4) is 0 Å². The lowest BCUT2D eigenvalue weighted by Gasteiger charge is -2.01. The van der Waals surface area contributed by atoms with Crippen LogP contribution in [0, 0.1) is 5.82 Å². The average Bonchev–Trinajstić information content (AvgIpc) is 3.06. The Morgan fingerprint density at radius 1 is 1.08 bits per heavy atom. The second-order valence-electron chi connectivity index (χ2n) is 5.01. The number of halogens is 3. The molecule has 0 radical (unpaired) electrons. The first-order valence-corrected chi connectivity index (χ1v) is 7.93. The van der Waals surface area contributed by atoms with E-state index in [1.54, 1.807) is 30.3 Å². The van der Waals surface area contributed by atoms with E-state index in [0.717, 1.165) is 0 Å². The number of nitrogens with zero attached hydrogens (tertiary/aromatic N) is 1. The third-order valence-electron chi connectivity index (χ3n) is 3.31. The summed E-state index contributed by atoms with van der Waals surface area (Å²) in [5.41, 5.74) is 3.29. The molecule has 0 aliphatic rings. The highest BCUT2D eigenvalue weighted by Crippen LogP contribution is 2.34. The Kier molecular flexibility index (Phi) is 5.16. The zero-order valence-corrected chi connectivity index (χ0v) is 14.2. The van der Waals surface area contributed by atoms with Gasteiger partial charge in [0.1, 0.15) is 17.3 Å². The summed E-state index contributed by atoms with van der Waals surface area (Å²) in [6, 6.07) is 13.8. The van der Waals surface area contributed by atoms with Crippen LogP contribution in [0.2, 0.25) is 10.0 Å². The molecule has 3 rings (SSSR count). The molecular formula is C18H11Cl2FN2O2. The van der Waals surface area contributed by atoms with Crippen LogP contribution in [0.1, 0.15) is 16.1 Å². The normalized spacial score (nSPS) is 11.0. The van der Waals surface area contributed by atoms with Crippen molar-refractivity contribution in [2.24, 2.45) is 5.10 Å². The minimum Gasteiger partial charge on any atom is -0.455 e. The molecule has 4 nitrogen and oxygen atoms in total. The molecule has 1 N–H and O–H groups in total. The molecule has 0 saturated heterocycles. The minimum absolute atomic E-state index is 0.296. The first kappa shape index (κ1) is 17.2. The van der Waals surface area contributed by atoms with E-state index < -0.39 is 11.7 Å². The number of carbonyl (C=O) groups excluding carboxylic acids is 1. The van der Waals surface area contributed by atoms with Gasteiger partial charge in [0.2, 0.25) is 0 Å². The maximum absolute atomic E-state index is 12.8. The lowest BCUT2D eigenvalue weighted by molar-refractivity contribution is 0.0955. The highest BCUT2D eigenvalue weighted by molar-refractivity contribution is 6.43. The van der Waals surface area contributed by atoms with Crippen LogP contribution in [-0.2, 0) is 0 Å². The number of amides is 1. The molecule has 0 aliphatic carbocycles. The predicted molar refractivity (Wildman–Crippen MR) is 95.6 cm³/mol. The number of rotatable bonds is 4. The minimum atomic E-state index is -0.457. The van der Waals surface area contributed by atoms with E-state index in [2.05, 4.69) is 10.5 Å². The van der Waals surface area contributed by atoms with E-state index in [1.165, 1.54) is 30.5 Å². The summed E-state index contributed by atoms with van der Waals surface area (Å²) < 4.78 is 18.4. The van der Waals surface area contributed by atoms with E-state index in [-0.39, 0.29) is 0 Å². The molecule has 0 bridgehead atoms. The SMILES string of the molecule is O=C(N/N=C\c1ccc(-c2cccc(Cl)c2Cl)o1)c1ccc(F)cc1. The van der Waals surface area contributed by atoms with Gasteiger partial charge in [0, 0.05) is 11.1 Å². The smallest absolute Gasteiger partial charge is 0.271 e. The summed E-state index contributed by atoms with van der Waals surface area (Å²) in [4.78, 5) is 11.8. The Morgan fingerprint density at radius 3 is 2.60 bits per heavy atom. The van der Waals surface area contributed by atoms with Crippen LogP contribution < -0.4 is 5.43 Å². The molecule has 0 atom stereocenters. The van der Waals surface area contributed by atoms with Gasteiger partial charge >= 0.3 is 0 Å². The van der Waals surface area contributed by atoms with Crippen LogP contribution in [-0.4, -0.2) is 12.1 Å². The van der Waals surface area contributed by atoms with E-state index in [9.17, 15) is 9.18 Å². The number of nitrogens with one attached hydrogen (secondary N) is 1. The summed E-state index contributed by atoms with van der Waals surface area (Å²) in [6.45, 7) is 0. The van der Waals surface area contributed by atoms with Gasteiger partial charge in [-0.15, -0.1) is 0 Å². The maximum atomic E-state index is 12.8. The van der Waals surface area contributed by atoms with Crippen LogP contribution >= 0.6 is 23.2 Å². The van der Waals surface area contributed by atoms with Crippen molar-refractivity contribution in [3.8, 4) is 11.3 Å². The van der Waals surface area contributed by atoms with Crippen LogP contribution in [0.25, 0.3) is 11.3 Å². The van der Waals surface area contributed by atoms with Crippen molar-refractivity contribution < 1.29 is 13.6 Å². The fourth-order valence-corrected chi connectivity index (χ4v) is 2.48. The van der Waals surface area contributed by atoms with Crippen molar-refractivity contribution in [1.29, 1.82) is 0 Å². The monoisotopic (exact) mass is 376 g/mol. The molecular weight excluding hydrogens is 366 g/mol. The van der Waals surface area contributed by atoms with Crippen molar-refractivity contribution in [1.82, 2.24) is 5.43 Å². The highest BCUT2D eigenvalue weighted by atomic mass is 35.5. The largest absolute Gasteiger partial charge is 0.455 e. The van der Waals surface area contributed by atoms with Gasteiger partial charge in [-0.1, -0.05) is 29.3 Å². The maximum Gasteiger partial charge on any atom is 0.271 e. The Hall–Kier alpha value is -2.63. The number of carbonyl (C=O) groups is 1. The van der Waals surface area contributed by atoms with Gasteiger partial charge in [0.15, 0.2) is 0 Å². The van der Waals surface area contributed by atoms with Crippen LogP contribution in [0.5, 0.6) is 0 Å². The third-order valence-corrected chi connectivity index (χ3v) is 4.13. The van der Waals surface area contributed by atoms with Crippen molar-refractivity contribution in [2.75, 3.05) is 0 Å². The molecule has 0 unspecified atom stereocenters. The Labute approximate surface area is 152 Å². The number of benzene rings is 2. The predicted octanol–water partition coefficient (Wildman–Crippen LogP) is 5.16. The first-order chi connectivity index (χ1) is 12.0. The molecule has 126 valence electrons. The summed E-state index contributed by atoms with van der Waals surface area (Å²) in [5, 5.41) is 4.64. The standard InChI is InChI=1S/C18H11Cl2FN2O2/c19-15-3-1-2-14(17(15)20)16-9-8-13(25-16)10-22-23-18(24)11-4-6-12(21)7-5-11/h1-10H,(H,23,24)/b22-10-. The van der Waals surface area contributed by atoms with Crippen molar-refractivity contribution in [3.63, 3.8) is 0 Å². The number of hydrogen-bond donors (Lipinski definition) is 1. The Morgan fingerprint density at radius 2 is 1.84 bits per heavy atom. The molecule has 0 fully saturated rings. The number of furan rings is 1. The molecule has 0 saturated carbocycles. The molecule has 1 heterocycles. The number of hydrazone groups is 1. The topological polar surface area (TPSA) is 54.6 Å². The molecule has 0 spiro atoms. The van der Waals surface area contributed by atoms with Gasteiger partial charge in [-0.05, 0) is 48.5 Å². The van der Waals surface area contributed by atoms with Crippen molar-refractivity contribution in [3.05, 3.63) is 81.8 Å². The second kappa shape index (κ2) is 7.51. The first-order valence-electron chi connectivity index (χ1n) is 7.18. The van der Waals surface area contributed by atoms with Gasteiger partial charge in [-0.2, -0.15) is 5.10 Å². The van der Waals surface area contributed by atoms with Gasteiger partial charge in [-0.3, -0.25) is 4.79 Å². The Balaban J connectivity index is 1.69. The molecule has 1 aromatic heterocycles. The van der Waals surface area contributed by atoms with E-state index in [0.29, 0.717) is 32.7 Å². The zero-order valence-electron chi connectivity index (χ0n) is 12.7. The molecule has 0 aliphatic heterocycles. The van der Waals surface area contributed by atoms with E-state index >= 15 is 0 Å². The van der Waals surface area contributed by atoms with E-state index in [4.69, 9.17) is 27.6 Å². The summed E-state index contributed by atoms with van der Waals surface area (Å²) >= 11 is 12.1. The highest BCUT2D eigenvalue weighted by Gasteiger charge is 2.10. The fourth-order valence-electron chi connectivity index (χ4n) is 2.08. The molecule has 7 heteroatoms. The van der Waals surface area contributed by atoms with Gasteiger partial charge in [-0.25, -0.2) is 9.82 Å². The lowest BCUT2D eigenvalue weighted by Crippen LogP contribution is -2.17. The van der Waals surface area contributed by atoms with Crippen LogP contribution in [0.4, 0.5) is 4.39 Å². The van der Waals surface area contributed by atoms with Gasteiger partial charge in [0.25, 0.3) is 5.91 Å². The van der Waals surface area contributed by atoms with E-state index in [1.807, 2.05) is 0 Å². The molecule has 2 aromatic carbocycles. The van der Waals surface area contributed by atoms with Crippen molar-refractivity contribution >= 4 is 35.3 Å².